The maximum atomic E-state index is 5.49. The zero-order valence-electron chi connectivity index (χ0n) is 12.6. The summed E-state index contributed by atoms with van der Waals surface area (Å²) in [6, 6.07) is 9.24. The molecule has 0 spiro atoms. The maximum absolute atomic E-state index is 5.49. The predicted molar refractivity (Wildman–Crippen MR) is 86.8 cm³/mol. The van der Waals surface area contributed by atoms with Gasteiger partial charge in [-0.2, -0.15) is 0 Å². The minimum absolute atomic E-state index is 0. The first-order valence-corrected chi connectivity index (χ1v) is 7.50. The molecular weight excluding hydrogens is 272 g/mol. The van der Waals surface area contributed by atoms with Crippen LogP contribution in [0, 0.1) is 0 Å². The van der Waals surface area contributed by atoms with Crippen LogP contribution in [0.5, 0.6) is 5.75 Å². The molecule has 0 radical (unpaired) electrons. The molecule has 1 aliphatic rings. The van der Waals surface area contributed by atoms with Crippen molar-refractivity contribution in [3.05, 3.63) is 29.8 Å². The van der Waals surface area contributed by atoms with E-state index in [1.807, 2.05) is 6.92 Å². The van der Waals surface area contributed by atoms with Gasteiger partial charge in [0.25, 0.3) is 0 Å². The van der Waals surface area contributed by atoms with E-state index >= 15 is 0 Å². The third-order valence-corrected chi connectivity index (χ3v) is 3.68. The summed E-state index contributed by atoms with van der Waals surface area (Å²) in [5.41, 5.74) is 1.38. The molecule has 1 aromatic rings. The molecule has 4 heteroatoms. The molecule has 20 heavy (non-hydrogen) atoms. The standard InChI is InChI=1S/C16H26N2O.ClH/c1-3-11-18(15-9-10-17-12-15)13-14-5-7-16(8-6-14)19-4-2;/h5-8,15,17H,3-4,9-13H2,1-2H3;1H. The van der Waals surface area contributed by atoms with E-state index in [-0.39, 0.29) is 12.4 Å². The number of halogens is 1. The summed E-state index contributed by atoms with van der Waals surface area (Å²) in [4.78, 5) is 2.61. The summed E-state index contributed by atoms with van der Waals surface area (Å²) in [6.07, 6.45) is 2.49. The Morgan fingerprint density at radius 1 is 1.25 bits per heavy atom. The van der Waals surface area contributed by atoms with Gasteiger partial charge >= 0.3 is 0 Å². The summed E-state index contributed by atoms with van der Waals surface area (Å²) in [7, 11) is 0. The van der Waals surface area contributed by atoms with Crippen molar-refractivity contribution in [2.75, 3.05) is 26.2 Å². The van der Waals surface area contributed by atoms with E-state index in [1.165, 1.54) is 24.9 Å². The highest BCUT2D eigenvalue weighted by Gasteiger charge is 2.21. The van der Waals surface area contributed by atoms with Gasteiger partial charge in [0.05, 0.1) is 6.61 Å². The zero-order chi connectivity index (χ0) is 13.5. The number of hydrogen-bond donors (Lipinski definition) is 1. The van der Waals surface area contributed by atoms with E-state index in [0.29, 0.717) is 6.04 Å². The van der Waals surface area contributed by atoms with Crippen molar-refractivity contribution in [3.63, 3.8) is 0 Å². The smallest absolute Gasteiger partial charge is 0.119 e. The quantitative estimate of drug-likeness (QED) is 0.837. The van der Waals surface area contributed by atoms with Crippen LogP contribution in [0.1, 0.15) is 32.3 Å². The second-order valence-corrected chi connectivity index (χ2v) is 5.19. The molecule has 0 bridgehead atoms. The molecule has 0 aliphatic carbocycles. The van der Waals surface area contributed by atoms with Crippen LogP contribution in [0.3, 0.4) is 0 Å². The molecule has 1 saturated heterocycles. The van der Waals surface area contributed by atoms with Gasteiger partial charge in [0.1, 0.15) is 5.75 Å². The molecule has 1 atom stereocenters. The molecule has 3 nitrogen and oxygen atoms in total. The topological polar surface area (TPSA) is 24.5 Å². The van der Waals surface area contributed by atoms with E-state index < -0.39 is 0 Å². The zero-order valence-corrected chi connectivity index (χ0v) is 13.4. The molecule has 1 aromatic carbocycles. The minimum atomic E-state index is 0. The third kappa shape index (κ3) is 4.97. The molecule has 0 aromatic heterocycles. The van der Waals surface area contributed by atoms with Crippen molar-refractivity contribution < 1.29 is 4.74 Å². The van der Waals surface area contributed by atoms with E-state index in [9.17, 15) is 0 Å². The fraction of sp³-hybridized carbons (Fsp3) is 0.625. The summed E-state index contributed by atoms with van der Waals surface area (Å²) in [6.45, 7) is 9.53. The van der Waals surface area contributed by atoms with Gasteiger partial charge in [-0.3, -0.25) is 4.90 Å². The molecule has 0 saturated carbocycles. The van der Waals surface area contributed by atoms with E-state index in [0.717, 1.165) is 32.0 Å². The molecule has 1 N–H and O–H groups in total. The number of ether oxygens (including phenoxy) is 1. The first-order chi connectivity index (χ1) is 9.33. The highest BCUT2D eigenvalue weighted by Crippen LogP contribution is 2.17. The minimum Gasteiger partial charge on any atom is -0.494 e. The Morgan fingerprint density at radius 2 is 2.00 bits per heavy atom. The number of nitrogens with one attached hydrogen (secondary N) is 1. The van der Waals surface area contributed by atoms with Gasteiger partial charge < -0.3 is 10.1 Å². The van der Waals surface area contributed by atoms with Gasteiger partial charge in [0.2, 0.25) is 0 Å². The van der Waals surface area contributed by atoms with Crippen LogP contribution in [-0.2, 0) is 6.54 Å². The fourth-order valence-corrected chi connectivity index (χ4v) is 2.72. The molecule has 1 heterocycles. The van der Waals surface area contributed by atoms with E-state index in [2.05, 4.69) is 41.4 Å². The Morgan fingerprint density at radius 3 is 2.55 bits per heavy atom. The maximum Gasteiger partial charge on any atom is 0.119 e. The Balaban J connectivity index is 0.00000200. The van der Waals surface area contributed by atoms with Crippen molar-refractivity contribution in [3.8, 4) is 5.75 Å². The van der Waals surface area contributed by atoms with Crippen LogP contribution < -0.4 is 10.1 Å². The fourth-order valence-electron chi connectivity index (χ4n) is 2.72. The second-order valence-electron chi connectivity index (χ2n) is 5.19. The monoisotopic (exact) mass is 298 g/mol. The van der Waals surface area contributed by atoms with Gasteiger partial charge in [-0.05, 0) is 50.6 Å². The van der Waals surface area contributed by atoms with Gasteiger partial charge in [-0.25, -0.2) is 0 Å². The van der Waals surface area contributed by atoms with E-state index in [4.69, 9.17) is 4.74 Å². The Kier molecular flexibility index (Phi) is 7.97. The van der Waals surface area contributed by atoms with Gasteiger partial charge in [-0.1, -0.05) is 19.1 Å². The first kappa shape index (κ1) is 17.3. The predicted octanol–water partition coefficient (Wildman–Crippen LogP) is 3.08. The Labute approximate surface area is 129 Å². The van der Waals surface area contributed by atoms with Crippen molar-refractivity contribution in [1.29, 1.82) is 0 Å². The van der Waals surface area contributed by atoms with Crippen molar-refractivity contribution in [2.45, 2.75) is 39.3 Å². The third-order valence-electron chi connectivity index (χ3n) is 3.68. The summed E-state index contributed by atoms with van der Waals surface area (Å²) in [5, 5.41) is 3.46. The lowest BCUT2D eigenvalue weighted by Crippen LogP contribution is -2.36. The van der Waals surface area contributed by atoms with Gasteiger partial charge in [-0.15, -0.1) is 12.4 Å². The number of rotatable bonds is 7. The largest absolute Gasteiger partial charge is 0.494 e. The molecule has 114 valence electrons. The normalized spacial score (nSPS) is 18.1. The van der Waals surface area contributed by atoms with Crippen LogP contribution in [0.4, 0.5) is 0 Å². The van der Waals surface area contributed by atoms with Gasteiger partial charge in [0.15, 0.2) is 0 Å². The van der Waals surface area contributed by atoms with Crippen LogP contribution in [0.25, 0.3) is 0 Å². The summed E-state index contributed by atoms with van der Waals surface area (Å²) < 4.78 is 5.49. The lowest BCUT2D eigenvalue weighted by atomic mass is 10.1. The Bertz CT molecular complexity index is 363. The van der Waals surface area contributed by atoms with Crippen LogP contribution in [-0.4, -0.2) is 37.2 Å². The molecule has 2 rings (SSSR count). The highest BCUT2D eigenvalue weighted by molar-refractivity contribution is 5.85. The summed E-state index contributed by atoms with van der Waals surface area (Å²) in [5.74, 6) is 0.968. The number of benzene rings is 1. The molecule has 1 unspecified atom stereocenters. The van der Waals surface area contributed by atoms with Crippen molar-refractivity contribution in [1.82, 2.24) is 10.2 Å². The first-order valence-electron chi connectivity index (χ1n) is 7.50. The van der Waals surface area contributed by atoms with Gasteiger partial charge in [0, 0.05) is 19.1 Å². The lowest BCUT2D eigenvalue weighted by Gasteiger charge is -2.28. The Hall–Kier alpha value is -0.770. The summed E-state index contributed by atoms with van der Waals surface area (Å²) >= 11 is 0. The van der Waals surface area contributed by atoms with Crippen LogP contribution in [0.2, 0.25) is 0 Å². The molecular formula is C16H27ClN2O. The SMILES string of the molecule is CCCN(Cc1ccc(OCC)cc1)C1CCNC1.Cl. The second kappa shape index (κ2) is 9.22. The molecule has 0 amide bonds. The molecule has 1 aliphatic heterocycles. The average Bonchev–Trinajstić information content (AvgIpc) is 2.95. The van der Waals surface area contributed by atoms with Crippen molar-refractivity contribution in [2.24, 2.45) is 0 Å². The number of hydrogen-bond acceptors (Lipinski definition) is 3. The average molecular weight is 299 g/mol. The van der Waals surface area contributed by atoms with Crippen molar-refractivity contribution >= 4 is 12.4 Å². The van der Waals surface area contributed by atoms with E-state index in [1.54, 1.807) is 0 Å². The van der Waals surface area contributed by atoms with Crippen LogP contribution in [0.15, 0.2) is 24.3 Å². The highest BCUT2D eigenvalue weighted by atomic mass is 35.5. The number of nitrogens with zero attached hydrogens (tertiary/aromatic N) is 1. The molecule has 1 fully saturated rings. The van der Waals surface area contributed by atoms with Crippen LogP contribution >= 0.6 is 12.4 Å². The lowest BCUT2D eigenvalue weighted by molar-refractivity contribution is 0.199.